The fourth-order valence-electron chi connectivity index (χ4n) is 1.94. The number of aromatic nitrogens is 1. The summed E-state index contributed by atoms with van der Waals surface area (Å²) in [7, 11) is 4.19. The smallest absolute Gasteiger partial charge is 0.128 e. The summed E-state index contributed by atoms with van der Waals surface area (Å²) < 4.78 is 0. The number of likely N-dealkylation sites (N-methyl/N-ethyl adjacent to an activating group) is 1. The zero-order chi connectivity index (χ0) is 13.5. The van der Waals surface area contributed by atoms with Crippen molar-refractivity contribution in [2.75, 3.05) is 32.1 Å². The predicted octanol–water partition coefficient (Wildman–Crippen LogP) is -0.346. The number of halogens is 1. The van der Waals surface area contributed by atoms with Crippen LogP contribution < -0.4 is 17.3 Å². The maximum absolute atomic E-state index is 4.46. The van der Waals surface area contributed by atoms with E-state index in [9.17, 15) is 0 Å². The summed E-state index contributed by atoms with van der Waals surface area (Å²) >= 11 is 0. The average molecular weight is 291 g/mol. The van der Waals surface area contributed by atoms with E-state index in [1.807, 2.05) is 18.3 Å². The molecule has 4 heteroatoms. The first-order chi connectivity index (χ1) is 9.25. The van der Waals surface area contributed by atoms with Crippen LogP contribution in [0.4, 0.5) is 5.82 Å². The molecule has 0 atom stereocenters. The van der Waals surface area contributed by atoms with E-state index in [4.69, 9.17) is 0 Å². The Hall–Kier alpha value is -1.58. The Balaban J connectivity index is 0.00000200. The van der Waals surface area contributed by atoms with Gasteiger partial charge in [0.15, 0.2) is 0 Å². The van der Waals surface area contributed by atoms with Crippen molar-refractivity contribution in [3.8, 4) is 0 Å². The Kier molecular flexibility index (Phi) is 7.05. The second-order valence-corrected chi connectivity index (χ2v) is 4.90. The lowest BCUT2D eigenvalue weighted by molar-refractivity contribution is -0.00000404. The highest BCUT2D eigenvalue weighted by Crippen LogP contribution is 2.13. The number of hydrogen-bond donors (Lipinski definition) is 0. The fourth-order valence-corrected chi connectivity index (χ4v) is 1.94. The molecule has 0 radical (unpaired) electrons. The quantitative estimate of drug-likeness (QED) is 0.725. The zero-order valence-electron chi connectivity index (χ0n) is 12.0. The topological polar surface area (TPSA) is 19.4 Å². The minimum atomic E-state index is 0. The van der Waals surface area contributed by atoms with Crippen LogP contribution in [0.3, 0.4) is 0 Å². The van der Waals surface area contributed by atoms with Gasteiger partial charge in [0.25, 0.3) is 0 Å². The van der Waals surface area contributed by atoms with Gasteiger partial charge in [-0.2, -0.15) is 0 Å². The number of benzene rings is 1. The SMILES string of the molecule is CN(C)CCN(Cc1ccccc1)c1ccccn1.[Cl-]. The van der Waals surface area contributed by atoms with Crippen LogP contribution in [0.15, 0.2) is 54.7 Å². The second-order valence-electron chi connectivity index (χ2n) is 4.90. The van der Waals surface area contributed by atoms with E-state index in [0.29, 0.717) is 0 Å². The molecular formula is C16H21ClN3-. The molecule has 0 amide bonds. The molecular weight excluding hydrogens is 270 g/mol. The summed E-state index contributed by atoms with van der Waals surface area (Å²) in [6.45, 7) is 2.88. The van der Waals surface area contributed by atoms with Gasteiger partial charge in [-0.25, -0.2) is 4.98 Å². The molecule has 0 saturated carbocycles. The van der Waals surface area contributed by atoms with Gasteiger partial charge in [-0.1, -0.05) is 36.4 Å². The van der Waals surface area contributed by atoms with Crippen LogP contribution >= 0.6 is 0 Å². The van der Waals surface area contributed by atoms with Crippen molar-refractivity contribution >= 4 is 5.82 Å². The molecule has 20 heavy (non-hydrogen) atoms. The Bertz CT molecular complexity index is 474. The molecule has 1 aromatic heterocycles. The largest absolute Gasteiger partial charge is 1.00 e. The van der Waals surface area contributed by atoms with Crippen molar-refractivity contribution in [2.24, 2.45) is 0 Å². The molecule has 1 heterocycles. The van der Waals surface area contributed by atoms with E-state index in [1.165, 1.54) is 5.56 Å². The lowest BCUT2D eigenvalue weighted by Gasteiger charge is -2.25. The summed E-state index contributed by atoms with van der Waals surface area (Å²) in [5, 5.41) is 0. The van der Waals surface area contributed by atoms with Crippen LogP contribution in [0.5, 0.6) is 0 Å². The van der Waals surface area contributed by atoms with Gasteiger partial charge in [0.2, 0.25) is 0 Å². The van der Waals surface area contributed by atoms with Gasteiger partial charge < -0.3 is 22.2 Å². The average Bonchev–Trinajstić information content (AvgIpc) is 2.45. The van der Waals surface area contributed by atoms with Gasteiger partial charge in [-0.3, -0.25) is 0 Å². The first kappa shape index (κ1) is 16.5. The van der Waals surface area contributed by atoms with Crippen LogP contribution in [0.25, 0.3) is 0 Å². The molecule has 108 valence electrons. The molecule has 0 aliphatic rings. The second kappa shape index (κ2) is 8.56. The molecule has 2 aromatic rings. The maximum Gasteiger partial charge on any atom is 0.128 e. The lowest BCUT2D eigenvalue weighted by Crippen LogP contribution is -3.00. The van der Waals surface area contributed by atoms with Crippen LogP contribution in [0.2, 0.25) is 0 Å². The van der Waals surface area contributed by atoms with E-state index in [1.54, 1.807) is 0 Å². The highest BCUT2D eigenvalue weighted by molar-refractivity contribution is 5.39. The number of anilines is 1. The first-order valence-corrected chi connectivity index (χ1v) is 6.60. The van der Waals surface area contributed by atoms with E-state index in [2.05, 4.69) is 65.3 Å². The van der Waals surface area contributed by atoms with Crippen LogP contribution in [-0.4, -0.2) is 37.1 Å². The van der Waals surface area contributed by atoms with E-state index < -0.39 is 0 Å². The molecule has 0 aliphatic carbocycles. The van der Waals surface area contributed by atoms with Crippen molar-refractivity contribution in [1.29, 1.82) is 0 Å². The molecule has 0 N–H and O–H groups in total. The molecule has 3 nitrogen and oxygen atoms in total. The normalized spacial score (nSPS) is 10.2. The molecule has 0 bridgehead atoms. The third-order valence-electron chi connectivity index (χ3n) is 3.01. The van der Waals surface area contributed by atoms with Crippen molar-refractivity contribution in [3.05, 3.63) is 60.3 Å². The minimum Gasteiger partial charge on any atom is -1.00 e. The van der Waals surface area contributed by atoms with Gasteiger partial charge >= 0.3 is 0 Å². The molecule has 0 spiro atoms. The number of pyridine rings is 1. The minimum absolute atomic E-state index is 0. The Morgan fingerprint density at radius 2 is 1.60 bits per heavy atom. The molecule has 0 saturated heterocycles. The van der Waals surface area contributed by atoms with Crippen molar-refractivity contribution < 1.29 is 12.4 Å². The third kappa shape index (κ3) is 5.19. The number of hydrogen-bond acceptors (Lipinski definition) is 3. The molecule has 0 fully saturated rings. The summed E-state index contributed by atoms with van der Waals surface area (Å²) in [5.74, 6) is 1.04. The first-order valence-electron chi connectivity index (χ1n) is 6.60. The standard InChI is InChI=1S/C16H21N3.ClH/c1-18(2)12-13-19(16-10-6-7-11-17-16)14-15-8-4-3-5-9-15;/h3-11H,12-14H2,1-2H3;1H/p-1. The van der Waals surface area contributed by atoms with E-state index in [0.717, 1.165) is 25.5 Å². The van der Waals surface area contributed by atoms with Gasteiger partial charge in [0.05, 0.1) is 0 Å². The Labute approximate surface area is 127 Å². The van der Waals surface area contributed by atoms with Gasteiger partial charge in [0.1, 0.15) is 5.82 Å². The highest BCUT2D eigenvalue weighted by atomic mass is 35.5. The van der Waals surface area contributed by atoms with Crippen molar-refractivity contribution in [3.63, 3.8) is 0 Å². The van der Waals surface area contributed by atoms with Gasteiger partial charge in [-0.05, 0) is 31.8 Å². The molecule has 2 rings (SSSR count). The van der Waals surface area contributed by atoms with Gasteiger partial charge in [0, 0.05) is 25.8 Å². The summed E-state index contributed by atoms with van der Waals surface area (Å²) in [5.41, 5.74) is 1.31. The van der Waals surface area contributed by atoms with Crippen LogP contribution in [0, 0.1) is 0 Å². The maximum atomic E-state index is 4.46. The Morgan fingerprint density at radius 1 is 0.900 bits per heavy atom. The lowest BCUT2D eigenvalue weighted by atomic mass is 10.2. The van der Waals surface area contributed by atoms with Crippen LogP contribution in [0.1, 0.15) is 5.56 Å². The molecule has 0 unspecified atom stereocenters. The monoisotopic (exact) mass is 290 g/mol. The van der Waals surface area contributed by atoms with E-state index in [-0.39, 0.29) is 12.4 Å². The Morgan fingerprint density at radius 3 is 2.20 bits per heavy atom. The van der Waals surface area contributed by atoms with E-state index >= 15 is 0 Å². The summed E-state index contributed by atoms with van der Waals surface area (Å²) in [4.78, 5) is 8.97. The predicted molar refractivity (Wildman–Crippen MR) is 80.3 cm³/mol. The van der Waals surface area contributed by atoms with Crippen LogP contribution in [-0.2, 0) is 6.54 Å². The molecule has 1 aromatic carbocycles. The molecule has 0 aliphatic heterocycles. The summed E-state index contributed by atoms with van der Waals surface area (Å²) in [6, 6.07) is 16.6. The summed E-state index contributed by atoms with van der Waals surface area (Å²) in [6.07, 6.45) is 1.85. The fraction of sp³-hybridized carbons (Fsp3) is 0.312. The zero-order valence-corrected chi connectivity index (χ0v) is 12.8. The van der Waals surface area contributed by atoms with Gasteiger partial charge in [-0.15, -0.1) is 0 Å². The highest BCUT2D eigenvalue weighted by Gasteiger charge is 2.08. The van der Waals surface area contributed by atoms with Crippen molar-refractivity contribution in [2.45, 2.75) is 6.54 Å². The number of nitrogens with zero attached hydrogens (tertiary/aromatic N) is 3. The number of rotatable bonds is 6. The third-order valence-corrected chi connectivity index (χ3v) is 3.01. The van der Waals surface area contributed by atoms with Crippen molar-refractivity contribution in [1.82, 2.24) is 9.88 Å².